The fraction of sp³-hybridized carbons (Fsp3) is 0.556. The number of fused-ring (bicyclic) bond motifs is 1. The molecule has 2 aliphatic heterocycles. The van der Waals surface area contributed by atoms with E-state index < -0.39 is 0 Å². The van der Waals surface area contributed by atoms with E-state index in [2.05, 4.69) is 63.4 Å². The van der Waals surface area contributed by atoms with Crippen LogP contribution in [0.2, 0.25) is 0 Å². The molecule has 2 fully saturated rings. The summed E-state index contributed by atoms with van der Waals surface area (Å²) in [6.07, 6.45) is 4.45. The Labute approximate surface area is 207 Å². The number of piperidine rings is 1. The van der Waals surface area contributed by atoms with Crippen LogP contribution in [-0.2, 0) is 17.8 Å². The number of hydrogen-bond acceptors (Lipinski definition) is 6. The van der Waals surface area contributed by atoms with Gasteiger partial charge in [-0.25, -0.2) is 0 Å². The first kappa shape index (κ1) is 23.7. The molecule has 8 nitrogen and oxygen atoms in total. The highest BCUT2D eigenvalue weighted by Gasteiger charge is 2.23. The number of rotatable bonds is 8. The summed E-state index contributed by atoms with van der Waals surface area (Å²) in [7, 11) is 0. The van der Waals surface area contributed by atoms with Crippen LogP contribution < -0.4 is 10.2 Å². The molecular weight excluding hydrogens is 438 g/mol. The van der Waals surface area contributed by atoms with E-state index in [-0.39, 0.29) is 5.91 Å². The highest BCUT2D eigenvalue weighted by molar-refractivity contribution is 5.76. The highest BCUT2D eigenvalue weighted by Crippen LogP contribution is 2.22. The monoisotopic (exact) mass is 475 g/mol. The van der Waals surface area contributed by atoms with Crippen molar-refractivity contribution in [3.8, 4) is 0 Å². The van der Waals surface area contributed by atoms with E-state index in [1.54, 1.807) is 4.52 Å². The zero-order chi connectivity index (χ0) is 24.2. The SMILES string of the molecule is Cc1ccc(CN2CCC(CNC(=O)CCc3nnc4ccc(N5CCC(C)CC5)nn34)C2)cc1. The van der Waals surface area contributed by atoms with Gasteiger partial charge in [0.25, 0.3) is 0 Å². The van der Waals surface area contributed by atoms with Gasteiger partial charge in [0.05, 0.1) is 0 Å². The van der Waals surface area contributed by atoms with Gasteiger partial charge in [-0.15, -0.1) is 15.3 Å². The Morgan fingerprint density at radius 1 is 1.03 bits per heavy atom. The fourth-order valence-corrected chi connectivity index (χ4v) is 5.13. The molecule has 1 atom stereocenters. The second-order valence-corrected chi connectivity index (χ2v) is 10.4. The number of nitrogens with zero attached hydrogens (tertiary/aromatic N) is 6. The van der Waals surface area contributed by atoms with E-state index in [0.717, 1.165) is 68.9 Å². The van der Waals surface area contributed by atoms with E-state index in [1.807, 2.05) is 12.1 Å². The summed E-state index contributed by atoms with van der Waals surface area (Å²) in [5.74, 6) is 3.06. The summed E-state index contributed by atoms with van der Waals surface area (Å²) in [5, 5.41) is 16.5. The van der Waals surface area contributed by atoms with Crippen LogP contribution in [0.4, 0.5) is 5.82 Å². The Morgan fingerprint density at radius 2 is 1.83 bits per heavy atom. The summed E-state index contributed by atoms with van der Waals surface area (Å²) in [4.78, 5) is 17.4. The van der Waals surface area contributed by atoms with Gasteiger partial charge in [-0.2, -0.15) is 4.52 Å². The fourth-order valence-electron chi connectivity index (χ4n) is 5.13. The lowest BCUT2D eigenvalue weighted by Gasteiger charge is -2.30. The van der Waals surface area contributed by atoms with Crippen LogP contribution in [0, 0.1) is 18.8 Å². The molecule has 0 aliphatic carbocycles. The number of benzene rings is 1. The first-order valence-corrected chi connectivity index (χ1v) is 13.0. The molecule has 0 bridgehead atoms. The van der Waals surface area contributed by atoms with Crippen LogP contribution in [0.25, 0.3) is 5.65 Å². The predicted molar refractivity (Wildman–Crippen MR) is 137 cm³/mol. The Morgan fingerprint density at radius 3 is 2.63 bits per heavy atom. The second-order valence-electron chi connectivity index (χ2n) is 10.4. The molecule has 35 heavy (non-hydrogen) atoms. The molecule has 2 aromatic heterocycles. The van der Waals surface area contributed by atoms with Crippen LogP contribution in [0.3, 0.4) is 0 Å². The molecule has 5 rings (SSSR count). The Balaban J connectivity index is 1.09. The molecule has 1 amide bonds. The zero-order valence-electron chi connectivity index (χ0n) is 21.0. The van der Waals surface area contributed by atoms with Gasteiger partial charge in [0, 0.05) is 45.6 Å². The lowest BCUT2D eigenvalue weighted by molar-refractivity contribution is -0.121. The molecule has 0 radical (unpaired) electrons. The summed E-state index contributed by atoms with van der Waals surface area (Å²) in [5.41, 5.74) is 3.38. The van der Waals surface area contributed by atoms with E-state index in [4.69, 9.17) is 5.10 Å². The van der Waals surface area contributed by atoms with Crippen molar-refractivity contribution in [2.75, 3.05) is 37.6 Å². The minimum atomic E-state index is 0.0694. The number of likely N-dealkylation sites (tertiary alicyclic amines) is 1. The molecule has 8 heteroatoms. The van der Waals surface area contributed by atoms with Gasteiger partial charge in [0.2, 0.25) is 5.91 Å². The van der Waals surface area contributed by atoms with E-state index in [9.17, 15) is 4.79 Å². The number of anilines is 1. The van der Waals surface area contributed by atoms with E-state index in [1.165, 1.54) is 24.0 Å². The minimum absolute atomic E-state index is 0.0694. The molecule has 0 saturated carbocycles. The maximum atomic E-state index is 12.6. The van der Waals surface area contributed by atoms with Crippen LogP contribution in [0.1, 0.15) is 49.6 Å². The first-order chi connectivity index (χ1) is 17.0. The molecule has 1 unspecified atom stereocenters. The Kier molecular flexibility index (Phi) is 7.27. The average Bonchev–Trinajstić information content (AvgIpc) is 3.49. The van der Waals surface area contributed by atoms with Crippen molar-refractivity contribution in [2.24, 2.45) is 11.8 Å². The second kappa shape index (κ2) is 10.7. The Hall–Kier alpha value is -3.00. The highest BCUT2D eigenvalue weighted by atomic mass is 16.1. The van der Waals surface area contributed by atoms with Crippen molar-refractivity contribution >= 4 is 17.4 Å². The normalized spacial score (nSPS) is 19.5. The van der Waals surface area contributed by atoms with Crippen molar-refractivity contribution < 1.29 is 4.79 Å². The number of aryl methyl sites for hydroxylation is 2. The predicted octanol–water partition coefficient (Wildman–Crippen LogP) is 3.24. The summed E-state index contributed by atoms with van der Waals surface area (Å²) in [6, 6.07) is 12.8. The zero-order valence-corrected chi connectivity index (χ0v) is 21.0. The van der Waals surface area contributed by atoms with Gasteiger partial charge >= 0.3 is 0 Å². The largest absolute Gasteiger partial charge is 0.356 e. The molecule has 4 heterocycles. The molecule has 2 saturated heterocycles. The maximum Gasteiger partial charge on any atom is 0.220 e. The van der Waals surface area contributed by atoms with E-state index >= 15 is 0 Å². The molecule has 1 N–H and O–H groups in total. The minimum Gasteiger partial charge on any atom is -0.356 e. The number of carbonyl (C=O) groups is 1. The number of amides is 1. The van der Waals surface area contributed by atoms with Gasteiger partial charge < -0.3 is 10.2 Å². The third-order valence-corrected chi connectivity index (χ3v) is 7.48. The van der Waals surface area contributed by atoms with Crippen molar-refractivity contribution in [3.63, 3.8) is 0 Å². The van der Waals surface area contributed by atoms with Crippen molar-refractivity contribution in [1.29, 1.82) is 0 Å². The van der Waals surface area contributed by atoms with Gasteiger partial charge in [-0.3, -0.25) is 9.69 Å². The lowest BCUT2D eigenvalue weighted by Crippen LogP contribution is -2.33. The van der Waals surface area contributed by atoms with Crippen LogP contribution in [-0.4, -0.2) is 63.3 Å². The molecule has 0 spiro atoms. The van der Waals surface area contributed by atoms with Crippen molar-refractivity contribution in [3.05, 3.63) is 53.3 Å². The quantitative estimate of drug-likeness (QED) is 0.539. The van der Waals surface area contributed by atoms with Crippen LogP contribution in [0.5, 0.6) is 0 Å². The third kappa shape index (κ3) is 5.99. The summed E-state index contributed by atoms with van der Waals surface area (Å²) >= 11 is 0. The molecule has 1 aromatic carbocycles. The third-order valence-electron chi connectivity index (χ3n) is 7.48. The standard InChI is InChI=1S/C27H37N7O/c1-20-3-5-22(6-4-20)18-32-14-13-23(19-32)17-28-27(35)10-9-25-30-29-24-7-8-26(31-34(24)25)33-15-11-21(2)12-16-33/h3-8,21,23H,9-19H2,1-2H3,(H,28,35). The molecule has 2 aliphatic rings. The van der Waals surface area contributed by atoms with Crippen LogP contribution in [0.15, 0.2) is 36.4 Å². The maximum absolute atomic E-state index is 12.6. The smallest absolute Gasteiger partial charge is 0.220 e. The summed E-state index contributed by atoms with van der Waals surface area (Å²) in [6.45, 7) is 10.3. The molecular formula is C27H37N7O. The van der Waals surface area contributed by atoms with E-state index in [0.29, 0.717) is 18.8 Å². The summed E-state index contributed by atoms with van der Waals surface area (Å²) < 4.78 is 1.81. The van der Waals surface area contributed by atoms with Gasteiger partial charge in [0.15, 0.2) is 11.5 Å². The topological polar surface area (TPSA) is 78.7 Å². The lowest BCUT2D eigenvalue weighted by atomic mass is 9.99. The van der Waals surface area contributed by atoms with Crippen molar-refractivity contribution in [1.82, 2.24) is 30.0 Å². The Bertz CT molecular complexity index is 1130. The average molecular weight is 476 g/mol. The number of aromatic nitrogens is 4. The van der Waals surface area contributed by atoms with Gasteiger partial charge in [-0.1, -0.05) is 36.8 Å². The van der Waals surface area contributed by atoms with Gasteiger partial charge in [-0.05, 0) is 62.3 Å². The molecule has 186 valence electrons. The number of carbonyl (C=O) groups excluding carboxylic acids is 1. The van der Waals surface area contributed by atoms with Gasteiger partial charge in [0.1, 0.15) is 5.82 Å². The number of hydrogen-bond donors (Lipinski definition) is 1. The molecule has 3 aromatic rings. The number of nitrogens with one attached hydrogen (secondary N) is 1. The van der Waals surface area contributed by atoms with Crippen LogP contribution >= 0.6 is 0 Å². The first-order valence-electron chi connectivity index (χ1n) is 13.0. The van der Waals surface area contributed by atoms with Crippen molar-refractivity contribution in [2.45, 2.75) is 52.5 Å².